The zero-order valence-electron chi connectivity index (χ0n) is 17.7. The molecule has 0 radical (unpaired) electrons. The lowest BCUT2D eigenvalue weighted by Gasteiger charge is -2.35. The minimum Gasteiger partial charge on any atom is -0.394 e. The Morgan fingerprint density at radius 1 is 1.06 bits per heavy atom. The molecule has 166 valence electrons. The number of pyridine rings is 1. The minimum atomic E-state index is -0.446. The van der Waals surface area contributed by atoms with Crippen LogP contribution >= 0.6 is 0 Å². The van der Waals surface area contributed by atoms with Crippen LogP contribution in [0.15, 0.2) is 48.8 Å². The van der Waals surface area contributed by atoms with Crippen molar-refractivity contribution in [3.63, 3.8) is 0 Å². The van der Waals surface area contributed by atoms with E-state index < -0.39 is 5.91 Å². The van der Waals surface area contributed by atoms with Crippen LogP contribution in [-0.2, 0) is 13.1 Å². The highest BCUT2D eigenvalue weighted by molar-refractivity contribution is 5.99. The Labute approximate surface area is 185 Å². The average molecular weight is 436 g/mol. The summed E-state index contributed by atoms with van der Waals surface area (Å²) in [6.07, 6.45) is 6.53. The molecule has 1 unspecified atom stereocenters. The number of nitrogens with zero attached hydrogens (tertiary/aromatic N) is 4. The molecule has 0 spiro atoms. The van der Waals surface area contributed by atoms with Crippen molar-refractivity contribution in [2.24, 2.45) is 0 Å². The molecule has 3 heterocycles. The van der Waals surface area contributed by atoms with Gasteiger partial charge in [0.05, 0.1) is 6.04 Å². The lowest BCUT2D eigenvalue weighted by molar-refractivity contribution is 0.0944. The van der Waals surface area contributed by atoms with Crippen molar-refractivity contribution in [1.82, 2.24) is 25.2 Å². The predicted molar refractivity (Wildman–Crippen MR) is 120 cm³/mol. The number of piperidine rings is 1. The zero-order valence-corrected chi connectivity index (χ0v) is 17.7. The van der Waals surface area contributed by atoms with Crippen LogP contribution in [0.3, 0.4) is 0 Å². The Balaban J connectivity index is 1.54. The van der Waals surface area contributed by atoms with Gasteiger partial charge in [-0.2, -0.15) is 0 Å². The molecule has 1 aliphatic rings. The number of aromatic nitrogens is 3. The number of carbonyl (C=O) groups excluding carboxylic acids is 1. The summed E-state index contributed by atoms with van der Waals surface area (Å²) in [7, 11) is 0. The van der Waals surface area contributed by atoms with Crippen molar-refractivity contribution < 1.29 is 9.18 Å². The highest BCUT2D eigenvalue weighted by Gasteiger charge is 2.28. The number of nitrogens with one attached hydrogen (secondary N) is 1. The number of halogens is 1. The molecule has 2 aromatic heterocycles. The Hall–Kier alpha value is -3.59. The molecule has 1 saturated heterocycles. The Bertz CT molecular complexity index is 1080. The van der Waals surface area contributed by atoms with E-state index in [9.17, 15) is 9.18 Å². The first kappa shape index (κ1) is 21.6. The third-order valence-corrected chi connectivity index (χ3v) is 5.62. The lowest BCUT2D eigenvalue weighted by Crippen LogP contribution is -2.35. The fraction of sp³-hybridized carbons (Fsp3) is 0.304. The summed E-state index contributed by atoms with van der Waals surface area (Å²) in [6, 6.07) is 9.81. The van der Waals surface area contributed by atoms with Gasteiger partial charge >= 0.3 is 0 Å². The maximum atomic E-state index is 13.1. The molecule has 3 aromatic rings. The number of amides is 1. The van der Waals surface area contributed by atoms with Crippen LogP contribution in [0.5, 0.6) is 0 Å². The summed E-state index contributed by atoms with van der Waals surface area (Å²) in [6.45, 7) is 1.84. The smallest absolute Gasteiger partial charge is 0.272 e. The van der Waals surface area contributed by atoms with Crippen LogP contribution in [0.1, 0.15) is 52.7 Å². The Morgan fingerprint density at radius 2 is 1.81 bits per heavy atom. The number of anilines is 2. The van der Waals surface area contributed by atoms with E-state index >= 15 is 0 Å². The molecular formula is C23H26FN7O. The molecule has 5 N–H and O–H groups in total. The fourth-order valence-corrected chi connectivity index (χ4v) is 3.89. The quantitative estimate of drug-likeness (QED) is 0.544. The molecule has 32 heavy (non-hydrogen) atoms. The van der Waals surface area contributed by atoms with E-state index in [2.05, 4.69) is 25.2 Å². The molecule has 9 heteroatoms. The summed E-state index contributed by atoms with van der Waals surface area (Å²) in [5, 5.41) is 2.78. The van der Waals surface area contributed by atoms with Gasteiger partial charge in [-0.15, -0.1) is 0 Å². The number of nitrogens with two attached hydrogens (primary N) is 2. The van der Waals surface area contributed by atoms with Crippen molar-refractivity contribution in [2.75, 3.05) is 18.0 Å². The van der Waals surface area contributed by atoms with Gasteiger partial charge < -0.3 is 16.8 Å². The molecular weight excluding hydrogens is 409 g/mol. The van der Waals surface area contributed by atoms with Crippen LogP contribution in [0, 0.1) is 5.82 Å². The highest BCUT2D eigenvalue weighted by Crippen LogP contribution is 2.32. The molecule has 1 aliphatic heterocycles. The number of likely N-dealkylation sites (tertiary alicyclic amines) is 1. The second-order valence-electron chi connectivity index (χ2n) is 7.88. The number of hydrogen-bond donors (Lipinski definition) is 3. The van der Waals surface area contributed by atoms with E-state index in [1.54, 1.807) is 24.5 Å². The Kier molecular flexibility index (Phi) is 6.55. The van der Waals surface area contributed by atoms with Gasteiger partial charge in [0.25, 0.3) is 5.91 Å². The maximum Gasteiger partial charge on any atom is 0.272 e. The first-order valence-corrected chi connectivity index (χ1v) is 10.6. The van der Waals surface area contributed by atoms with E-state index in [1.807, 2.05) is 12.1 Å². The van der Waals surface area contributed by atoms with Gasteiger partial charge in [-0.1, -0.05) is 18.6 Å². The summed E-state index contributed by atoms with van der Waals surface area (Å²) in [5.41, 5.74) is 14.1. The average Bonchev–Trinajstić information content (AvgIpc) is 2.81. The van der Waals surface area contributed by atoms with E-state index in [0.717, 1.165) is 43.5 Å². The third kappa shape index (κ3) is 5.00. The van der Waals surface area contributed by atoms with Gasteiger partial charge in [-0.25, -0.2) is 14.4 Å². The number of rotatable bonds is 6. The first-order valence-electron chi connectivity index (χ1n) is 10.6. The Morgan fingerprint density at radius 3 is 2.56 bits per heavy atom. The molecule has 0 saturated carbocycles. The summed E-state index contributed by atoms with van der Waals surface area (Å²) in [5.74, 6) is -0.186. The van der Waals surface area contributed by atoms with Crippen LogP contribution in [-0.4, -0.2) is 32.3 Å². The summed E-state index contributed by atoms with van der Waals surface area (Å²) in [4.78, 5) is 28.2. The van der Waals surface area contributed by atoms with Crippen molar-refractivity contribution in [1.29, 1.82) is 0 Å². The first-order chi connectivity index (χ1) is 15.5. The highest BCUT2D eigenvalue weighted by atomic mass is 19.1. The van der Waals surface area contributed by atoms with Gasteiger partial charge in [0, 0.05) is 25.5 Å². The largest absolute Gasteiger partial charge is 0.394 e. The van der Waals surface area contributed by atoms with E-state index in [-0.39, 0.29) is 35.6 Å². The number of nitrogen functional groups attached to an aromatic ring is 2. The second kappa shape index (κ2) is 9.69. The van der Waals surface area contributed by atoms with Gasteiger partial charge in [0.2, 0.25) is 0 Å². The zero-order chi connectivity index (χ0) is 22.5. The number of hydrogen-bond acceptors (Lipinski definition) is 7. The SMILES string of the molecule is Nc1nc(C2CCCCN2Cc2ccncc2)nc(C(=O)NCc2ccc(F)cc2)c1N. The number of carbonyl (C=O) groups is 1. The molecule has 1 amide bonds. The second-order valence-corrected chi connectivity index (χ2v) is 7.88. The van der Waals surface area contributed by atoms with Crippen molar-refractivity contribution in [3.05, 3.63) is 77.3 Å². The molecule has 1 aromatic carbocycles. The lowest BCUT2D eigenvalue weighted by atomic mass is 10.00. The molecule has 4 rings (SSSR count). The van der Waals surface area contributed by atoms with Crippen LogP contribution < -0.4 is 16.8 Å². The maximum absolute atomic E-state index is 13.1. The normalized spacial score (nSPS) is 16.6. The van der Waals surface area contributed by atoms with Crippen LogP contribution in [0.25, 0.3) is 0 Å². The monoisotopic (exact) mass is 435 g/mol. The van der Waals surface area contributed by atoms with Crippen molar-refractivity contribution >= 4 is 17.4 Å². The van der Waals surface area contributed by atoms with Gasteiger partial charge in [0.15, 0.2) is 11.5 Å². The predicted octanol–water partition coefficient (Wildman–Crippen LogP) is 2.83. The van der Waals surface area contributed by atoms with Crippen LogP contribution in [0.2, 0.25) is 0 Å². The molecule has 0 bridgehead atoms. The molecule has 1 atom stereocenters. The molecule has 8 nitrogen and oxygen atoms in total. The third-order valence-electron chi connectivity index (χ3n) is 5.62. The summed E-state index contributed by atoms with van der Waals surface area (Å²) >= 11 is 0. The van der Waals surface area contributed by atoms with Crippen LogP contribution in [0.4, 0.5) is 15.9 Å². The molecule has 0 aliphatic carbocycles. The fourth-order valence-electron chi connectivity index (χ4n) is 3.89. The van der Waals surface area contributed by atoms with Crippen molar-refractivity contribution in [3.8, 4) is 0 Å². The standard InChI is InChI=1S/C23H26FN7O/c24-17-6-4-15(5-7-17)13-28-23(32)20-19(25)21(26)30-22(29-20)18-3-1-2-12-31(18)14-16-8-10-27-11-9-16/h4-11,18H,1-3,12-14,25H2,(H,28,32)(H2,26,29,30). The van der Waals surface area contributed by atoms with E-state index in [1.165, 1.54) is 12.1 Å². The molecule has 1 fully saturated rings. The minimum absolute atomic E-state index is 0.0573. The van der Waals surface area contributed by atoms with Crippen molar-refractivity contribution in [2.45, 2.75) is 38.4 Å². The number of benzene rings is 1. The van der Waals surface area contributed by atoms with Gasteiger partial charge in [0.1, 0.15) is 17.3 Å². The topological polar surface area (TPSA) is 123 Å². The van der Waals surface area contributed by atoms with E-state index in [4.69, 9.17) is 11.5 Å². The van der Waals surface area contributed by atoms with E-state index in [0.29, 0.717) is 5.82 Å². The van der Waals surface area contributed by atoms with Gasteiger partial charge in [-0.05, 0) is 54.8 Å². The van der Waals surface area contributed by atoms with Gasteiger partial charge in [-0.3, -0.25) is 14.7 Å². The summed E-state index contributed by atoms with van der Waals surface area (Å²) < 4.78 is 13.1.